The summed E-state index contributed by atoms with van der Waals surface area (Å²) in [5, 5.41) is 8.97. The van der Waals surface area contributed by atoms with Crippen LogP contribution >= 0.6 is 0 Å². The first-order valence-corrected chi connectivity index (χ1v) is 6.34. The smallest absolute Gasteiger partial charge is 0.306 e. The molecule has 0 saturated heterocycles. The maximum absolute atomic E-state index is 10.9. The molecule has 0 atom stereocenters. The number of aliphatic carboxylic acids is 1. The Morgan fingerprint density at radius 2 is 1.53 bits per heavy atom. The zero-order valence-corrected chi connectivity index (χ0v) is 9.67. The standard InChI is InChI=1S/C13H22O2/c1-10-2-6-13(7-3-10)8-4-11(5-9-13)12(14)15/h10-11H,2-9H2,1H3,(H,14,15). The summed E-state index contributed by atoms with van der Waals surface area (Å²) in [5.41, 5.74) is 0.540. The lowest BCUT2D eigenvalue weighted by Gasteiger charge is -2.43. The van der Waals surface area contributed by atoms with Gasteiger partial charge in [-0.2, -0.15) is 0 Å². The van der Waals surface area contributed by atoms with E-state index in [2.05, 4.69) is 6.92 Å². The Morgan fingerprint density at radius 3 is 2.00 bits per heavy atom. The van der Waals surface area contributed by atoms with Crippen molar-refractivity contribution in [3.05, 3.63) is 0 Å². The number of carboxylic acid groups (broad SMARTS) is 1. The van der Waals surface area contributed by atoms with Gasteiger partial charge < -0.3 is 5.11 Å². The second-order valence-electron chi connectivity index (χ2n) is 5.80. The number of hydrogen-bond donors (Lipinski definition) is 1. The van der Waals surface area contributed by atoms with Crippen molar-refractivity contribution < 1.29 is 9.90 Å². The maximum Gasteiger partial charge on any atom is 0.306 e. The Morgan fingerprint density at radius 1 is 1.07 bits per heavy atom. The van der Waals surface area contributed by atoms with E-state index in [4.69, 9.17) is 5.11 Å². The van der Waals surface area contributed by atoms with Crippen LogP contribution < -0.4 is 0 Å². The van der Waals surface area contributed by atoms with Crippen LogP contribution in [0.5, 0.6) is 0 Å². The lowest BCUT2D eigenvalue weighted by molar-refractivity contribution is -0.144. The van der Waals surface area contributed by atoms with Crippen LogP contribution in [-0.2, 0) is 4.79 Å². The highest BCUT2D eigenvalue weighted by Gasteiger charge is 2.39. The van der Waals surface area contributed by atoms with E-state index in [-0.39, 0.29) is 5.92 Å². The molecule has 0 amide bonds. The van der Waals surface area contributed by atoms with E-state index >= 15 is 0 Å². The molecular formula is C13H22O2. The third-order valence-electron chi connectivity index (χ3n) is 4.73. The van der Waals surface area contributed by atoms with Gasteiger partial charge in [-0.15, -0.1) is 0 Å². The molecule has 0 aromatic carbocycles. The zero-order chi connectivity index (χ0) is 10.9. The molecule has 0 aliphatic heterocycles. The third-order valence-corrected chi connectivity index (χ3v) is 4.73. The Balaban J connectivity index is 1.89. The van der Waals surface area contributed by atoms with Crippen molar-refractivity contribution in [1.29, 1.82) is 0 Å². The lowest BCUT2D eigenvalue weighted by atomic mass is 9.62. The monoisotopic (exact) mass is 210 g/mol. The molecule has 2 fully saturated rings. The fourth-order valence-electron chi connectivity index (χ4n) is 3.35. The van der Waals surface area contributed by atoms with Gasteiger partial charge in [0, 0.05) is 0 Å². The van der Waals surface area contributed by atoms with Gasteiger partial charge in [0.25, 0.3) is 0 Å². The summed E-state index contributed by atoms with van der Waals surface area (Å²) in [5.74, 6) is 0.275. The minimum Gasteiger partial charge on any atom is -0.481 e. The molecule has 0 aromatic heterocycles. The molecule has 0 radical (unpaired) electrons. The lowest BCUT2D eigenvalue weighted by Crippen LogP contribution is -2.33. The molecule has 1 spiro atoms. The second kappa shape index (κ2) is 4.15. The molecule has 1 N–H and O–H groups in total. The molecular weight excluding hydrogens is 188 g/mol. The van der Waals surface area contributed by atoms with Crippen molar-refractivity contribution in [3.8, 4) is 0 Å². The molecule has 0 aromatic rings. The summed E-state index contributed by atoms with van der Waals surface area (Å²) < 4.78 is 0. The SMILES string of the molecule is CC1CCC2(CC1)CCC(C(=O)O)CC2. The third kappa shape index (κ3) is 2.35. The van der Waals surface area contributed by atoms with Gasteiger partial charge in [-0.3, -0.25) is 4.79 Å². The fraction of sp³-hybridized carbons (Fsp3) is 0.923. The van der Waals surface area contributed by atoms with Gasteiger partial charge in [0.2, 0.25) is 0 Å². The molecule has 2 aliphatic rings. The Labute approximate surface area is 92.1 Å². The highest BCUT2D eigenvalue weighted by atomic mass is 16.4. The topological polar surface area (TPSA) is 37.3 Å². The van der Waals surface area contributed by atoms with Crippen molar-refractivity contribution in [1.82, 2.24) is 0 Å². The van der Waals surface area contributed by atoms with Gasteiger partial charge in [-0.05, 0) is 49.9 Å². The zero-order valence-electron chi connectivity index (χ0n) is 9.67. The Bertz CT molecular complexity index is 229. The first kappa shape index (κ1) is 11.0. The Kier molecular flexibility index (Phi) is 3.03. The van der Waals surface area contributed by atoms with Crippen molar-refractivity contribution in [2.24, 2.45) is 17.3 Å². The quantitative estimate of drug-likeness (QED) is 0.719. The molecule has 0 unspecified atom stereocenters. The normalized spacial score (nSPS) is 41.7. The summed E-state index contributed by atoms with van der Waals surface area (Å²) in [6.45, 7) is 2.34. The van der Waals surface area contributed by atoms with Gasteiger partial charge in [0.05, 0.1) is 5.92 Å². The highest BCUT2D eigenvalue weighted by molar-refractivity contribution is 5.70. The van der Waals surface area contributed by atoms with E-state index in [0.29, 0.717) is 5.41 Å². The van der Waals surface area contributed by atoms with E-state index in [9.17, 15) is 4.79 Å². The van der Waals surface area contributed by atoms with Crippen molar-refractivity contribution in [2.45, 2.75) is 58.3 Å². The molecule has 2 aliphatic carbocycles. The van der Waals surface area contributed by atoms with Gasteiger partial charge in [0.15, 0.2) is 0 Å². The summed E-state index contributed by atoms with van der Waals surface area (Å²) in [6, 6.07) is 0. The molecule has 0 heterocycles. The average Bonchev–Trinajstić information content (AvgIpc) is 2.24. The van der Waals surface area contributed by atoms with Crippen molar-refractivity contribution >= 4 is 5.97 Å². The number of carboxylic acids is 1. The molecule has 2 nitrogen and oxygen atoms in total. The molecule has 15 heavy (non-hydrogen) atoms. The van der Waals surface area contributed by atoms with E-state index < -0.39 is 5.97 Å². The maximum atomic E-state index is 10.9. The van der Waals surface area contributed by atoms with Crippen LogP contribution in [-0.4, -0.2) is 11.1 Å². The second-order valence-corrected chi connectivity index (χ2v) is 5.80. The van der Waals surface area contributed by atoms with Crippen LogP contribution in [0.1, 0.15) is 58.3 Å². The van der Waals surface area contributed by atoms with Crippen LogP contribution in [0.25, 0.3) is 0 Å². The van der Waals surface area contributed by atoms with Gasteiger partial charge in [-0.1, -0.05) is 19.8 Å². The summed E-state index contributed by atoms with van der Waals surface area (Å²) >= 11 is 0. The summed E-state index contributed by atoms with van der Waals surface area (Å²) in [6.07, 6.45) is 9.58. The minimum atomic E-state index is -0.575. The number of carbonyl (C=O) groups is 1. The summed E-state index contributed by atoms with van der Waals surface area (Å²) in [4.78, 5) is 10.9. The number of hydrogen-bond acceptors (Lipinski definition) is 1. The first-order valence-electron chi connectivity index (χ1n) is 6.34. The Hall–Kier alpha value is -0.530. The van der Waals surface area contributed by atoms with E-state index in [0.717, 1.165) is 31.6 Å². The van der Waals surface area contributed by atoms with Crippen LogP contribution in [0, 0.1) is 17.3 Å². The van der Waals surface area contributed by atoms with E-state index in [1.165, 1.54) is 25.7 Å². The van der Waals surface area contributed by atoms with Gasteiger partial charge in [-0.25, -0.2) is 0 Å². The van der Waals surface area contributed by atoms with E-state index in [1.54, 1.807) is 0 Å². The highest BCUT2D eigenvalue weighted by Crippen LogP contribution is 2.49. The number of rotatable bonds is 1. The molecule has 86 valence electrons. The predicted octanol–water partition coefficient (Wildman–Crippen LogP) is 3.46. The summed E-state index contributed by atoms with van der Waals surface area (Å²) in [7, 11) is 0. The van der Waals surface area contributed by atoms with Crippen molar-refractivity contribution in [3.63, 3.8) is 0 Å². The van der Waals surface area contributed by atoms with Gasteiger partial charge >= 0.3 is 5.97 Å². The van der Waals surface area contributed by atoms with Crippen molar-refractivity contribution in [2.75, 3.05) is 0 Å². The fourth-order valence-corrected chi connectivity index (χ4v) is 3.35. The van der Waals surface area contributed by atoms with Crippen LogP contribution in [0.15, 0.2) is 0 Å². The first-order chi connectivity index (χ1) is 7.11. The van der Waals surface area contributed by atoms with E-state index in [1.807, 2.05) is 0 Å². The largest absolute Gasteiger partial charge is 0.481 e. The van der Waals surface area contributed by atoms with Gasteiger partial charge in [0.1, 0.15) is 0 Å². The molecule has 0 bridgehead atoms. The van der Waals surface area contributed by atoms with Crippen LogP contribution in [0.3, 0.4) is 0 Å². The molecule has 2 rings (SSSR count). The van der Waals surface area contributed by atoms with Crippen LogP contribution in [0.4, 0.5) is 0 Å². The predicted molar refractivity (Wildman–Crippen MR) is 59.7 cm³/mol. The molecule has 2 saturated carbocycles. The molecule has 2 heteroatoms. The minimum absolute atomic E-state index is 0.0463. The van der Waals surface area contributed by atoms with Crippen LogP contribution in [0.2, 0.25) is 0 Å². The average molecular weight is 210 g/mol.